The number of rotatable bonds is 3. The Morgan fingerprint density at radius 3 is 2.81 bits per heavy atom. The Kier molecular flexibility index (Phi) is 4.45. The van der Waals surface area contributed by atoms with Crippen LogP contribution in [0.4, 0.5) is 4.79 Å². The van der Waals surface area contributed by atoms with E-state index in [9.17, 15) is 4.79 Å². The van der Waals surface area contributed by atoms with E-state index >= 15 is 0 Å². The van der Waals surface area contributed by atoms with Crippen LogP contribution in [-0.2, 0) is 0 Å². The lowest BCUT2D eigenvalue weighted by Gasteiger charge is -2.27. The molecule has 0 bridgehead atoms. The Balaban J connectivity index is 1.59. The summed E-state index contributed by atoms with van der Waals surface area (Å²) in [4.78, 5) is 13.7. The van der Waals surface area contributed by atoms with Crippen molar-refractivity contribution >= 4 is 6.03 Å². The smallest absolute Gasteiger partial charge is 0.317 e. The fourth-order valence-corrected chi connectivity index (χ4v) is 2.55. The van der Waals surface area contributed by atoms with Crippen molar-refractivity contribution in [3.63, 3.8) is 0 Å². The van der Waals surface area contributed by atoms with Crippen molar-refractivity contribution in [3.8, 4) is 0 Å². The summed E-state index contributed by atoms with van der Waals surface area (Å²) in [7, 11) is 0. The van der Waals surface area contributed by atoms with Crippen LogP contribution in [-0.4, -0.2) is 43.7 Å². The molecular weight excluding hydrogens is 202 g/mol. The molecule has 2 N–H and O–H groups in total. The van der Waals surface area contributed by atoms with E-state index in [-0.39, 0.29) is 6.03 Å². The molecule has 2 heterocycles. The first-order valence-corrected chi connectivity index (χ1v) is 6.60. The summed E-state index contributed by atoms with van der Waals surface area (Å²) < 4.78 is 0. The number of amides is 2. The lowest BCUT2D eigenvalue weighted by atomic mass is 10.1. The second-order valence-electron chi connectivity index (χ2n) is 4.93. The molecule has 4 nitrogen and oxygen atoms in total. The normalized spacial score (nSPS) is 25.8. The molecule has 0 spiro atoms. The summed E-state index contributed by atoms with van der Waals surface area (Å²) in [6, 6.07) is 0.144. The minimum absolute atomic E-state index is 0.144. The molecule has 2 aliphatic rings. The van der Waals surface area contributed by atoms with Crippen LogP contribution in [0, 0.1) is 5.92 Å². The van der Waals surface area contributed by atoms with Gasteiger partial charge in [-0.3, -0.25) is 0 Å². The topological polar surface area (TPSA) is 44.4 Å². The molecule has 2 amide bonds. The predicted molar refractivity (Wildman–Crippen MR) is 64.4 cm³/mol. The number of urea groups is 1. The minimum Gasteiger partial charge on any atom is -0.338 e. The van der Waals surface area contributed by atoms with Crippen molar-refractivity contribution in [2.24, 2.45) is 5.92 Å². The zero-order chi connectivity index (χ0) is 11.2. The predicted octanol–water partition coefficient (Wildman–Crippen LogP) is 1.18. The van der Waals surface area contributed by atoms with Crippen molar-refractivity contribution < 1.29 is 4.79 Å². The number of carbonyl (C=O) groups excluding carboxylic acids is 1. The van der Waals surface area contributed by atoms with Crippen LogP contribution in [0.3, 0.4) is 0 Å². The number of hydrogen-bond donors (Lipinski definition) is 2. The highest BCUT2D eigenvalue weighted by molar-refractivity contribution is 5.74. The second-order valence-corrected chi connectivity index (χ2v) is 4.93. The lowest BCUT2D eigenvalue weighted by molar-refractivity contribution is 0.186. The van der Waals surface area contributed by atoms with Gasteiger partial charge in [-0.2, -0.15) is 0 Å². The molecular formula is C12H23N3O. The third-order valence-electron chi connectivity index (χ3n) is 3.63. The van der Waals surface area contributed by atoms with Gasteiger partial charge in [0.1, 0.15) is 0 Å². The zero-order valence-corrected chi connectivity index (χ0v) is 10.0. The van der Waals surface area contributed by atoms with E-state index < -0.39 is 0 Å². The SMILES string of the molecule is O=C(NCCC1CCNC1)N1CCCCC1. The highest BCUT2D eigenvalue weighted by atomic mass is 16.2. The summed E-state index contributed by atoms with van der Waals surface area (Å²) >= 11 is 0. The summed E-state index contributed by atoms with van der Waals surface area (Å²) in [5, 5.41) is 6.39. The molecule has 92 valence electrons. The first kappa shape index (κ1) is 11.7. The number of piperidine rings is 1. The number of nitrogens with one attached hydrogen (secondary N) is 2. The van der Waals surface area contributed by atoms with Crippen molar-refractivity contribution in [1.82, 2.24) is 15.5 Å². The maximum absolute atomic E-state index is 11.8. The highest BCUT2D eigenvalue weighted by Crippen LogP contribution is 2.11. The van der Waals surface area contributed by atoms with Gasteiger partial charge in [0.15, 0.2) is 0 Å². The van der Waals surface area contributed by atoms with Crippen molar-refractivity contribution in [3.05, 3.63) is 0 Å². The Hall–Kier alpha value is -0.770. The Bertz CT molecular complexity index is 220. The molecule has 0 aromatic carbocycles. The maximum Gasteiger partial charge on any atom is 0.317 e. The minimum atomic E-state index is 0.144. The van der Waals surface area contributed by atoms with Gasteiger partial charge in [0.05, 0.1) is 0 Å². The molecule has 1 atom stereocenters. The van der Waals surface area contributed by atoms with Crippen molar-refractivity contribution in [2.45, 2.75) is 32.1 Å². The average molecular weight is 225 g/mol. The summed E-state index contributed by atoms with van der Waals surface area (Å²) in [5.74, 6) is 0.765. The fourth-order valence-electron chi connectivity index (χ4n) is 2.55. The molecule has 1 unspecified atom stereocenters. The number of likely N-dealkylation sites (tertiary alicyclic amines) is 1. The molecule has 2 saturated heterocycles. The molecule has 2 aliphatic heterocycles. The van der Waals surface area contributed by atoms with Gasteiger partial charge in [0.25, 0.3) is 0 Å². The molecule has 0 aromatic rings. The van der Waals surface area contributed by atoms with Gasteiger partial charge in [-0.1, -0.05) is 0 Å². The van der Waals surface area contributed by atoms with E-state index in [4.69, 9.17) is 0 Å². The molecule has 0 saturated carbocycles. The molecule has 0 aromatic heterocycles. The average Bonchev–Trinajstić information content (AvgIpc) is 2.83. The fraction of sp³-hybridized carbons (Fsp3) is 0.917. The van der Waals surface area contributed by atoms with Crippen LogP contribution < -0.4 is 10.6 Å². The first-order chi connectivity index (χ1) is 7.86. The van der Waals surface area contributed by atoms with Gasteiger partial charge in [0.2, 0.25) is 0 Å². The quantitative estimate of drug-likeness (QED) is 0.757. The van der Waals surface area contributed by atoms with Crippen molar-refractivity contribution in [1.29, 1.82) is 0 Å². The Labute approximate surface area is 97.8 Å². The molecule has 16 heavy (non-hydrogen) atoms. The van der Waals surface area contributed by atoms with E-state index in [1.165, 1.54) is 25.7 Å². The van der Waals surface area contributed by atoms with E-state index in [2.05, 4.69) is 10.6 Å². The van der Waals surface area contributed by atoms with Crippen LogP contribution in [0.1, 0.15) is 32.1 Å². The van der Waals surface area contributed by atoms with E-state index in [0.717, 1.165) is 45.1 Å². The maximum atomic E-state index is 11.8. The van der Waals surface area contributed by atoms with Gasteiger partial charge in [-0.05, 0) is 51.1 Å². The van der Waals surface area contributed by atoms with Crippen LogP contribution in [0.5, 0.6) is 0 Å². The largest absolute Gasteiger partial charge is 0.338 e. The Morgan fingerprint density at radius 2 is 2.12 bits per heavy atom. The van der Waals surface area contributed by atoms with E-state index in [0.29, 0.717) is 0 Å². The number of nitrogens with zero attached hydrogens (tertiary/aromatic N) is 1. The summed E-state index contributed by atoms with van der Waals surface area (Å²) in [6.45, 7) is 4.99. The summed E-state index contributed by atoms with van der Waals surface area (Å²) in [5.41, 5.74) is 0. The van der Waals surface area contributed by atoms with Crippen LogP contribution in [0.2, 0.25) is 0 Å². The zero-order valence-electron chi connectivity index (χ0n) is 10.0. The van der Waals surface area contributed by atoms with E-state index in [1.54, 1.807) is 0 Å². The molecule has 0 aliphatic carbocycles. The number of hydrogen-bond acceptors (Lipinski definition) is 2. The molecule has 0 radical (unpaired) electrons. The number of carbonyl (C=O) groups is 1. The lowest BCUT2D eigenvalue weighted by Crippen LogP contribution is -2.43. The molecule has 4 heteroatoms. The van der Waals surface area contributed by atoms with Gasteiger partial charge in [0, 0.05) is 19.6 Å². The second kappa shape index (κ2) is 6.09. The summed E-state index contributed by atoms with van der Waals surface area (Å²) in [6.07, 6.45) is 5.99. The van der Waals surface area contributed by atoms with Crippen LogP contribution >= 0.6 is 0 Å². The van der Waals surface area contributed by atoms with Crippen molar-refractivity contribution in [2.75, 3.05) is 32.7 Å². The van der Waals surface area contributed by atoms with Gasteiger partial charge < -0.3 is 15.5 Å². The third kappa shape index (κ3) is 3.37. The highest BCUT2D eigenvalue weighted by Gasteiger charge is 2.17. The Morgan fingerprint density at radius 1 is 1.31 bits per heavy atom. The van der Waals surface area contributed by atoms with Gasteiger partial charge in [-0.25, -0.2) is 4.79 Å². The first-order valence-electron chi connectivity index (χ1n) is 6.60. The van der Waals surface area contributed by atoms with E-state index in [1.807, 2.05) is 4.90 Å². The van der Waals surface area contributed by atoms with Crippen LogP contribution in [0.25, 0.3) is 0 Å². The standard InChI is InChI=1S/C12H23N3O/c16-12(15-8-2-1-3-9-15)14-7-5-11-4-6-13-10-11/h11,13H,1-10H2,(H,14,16). The third-order valence-corrected chi connectivity index (χ3v) is 3.63. The van der Waals surface area contributed by atoms with Gasteiger partial charge in [-0.15, -0.1) is 0 Å². The van der Waals surface area contributed by atoms with Gasteiger partial charge >= 0.3 is 6.03 Å². The molecule has 2 fully saturated rings. The van der Waals surface area contributed by atoms with Crippen LogP contribution in [0.15, 0.2) is 0 Å². The molecule has 2 rings (SSSR count). The monoisotopic (exact) mass is 225 g/mol.